The summed E-state index contributed by atoms with van der Waals surface area (Å²) in [5, 5.41) is 10.8. The number of methoxy groups -OCH3 is 1. The molecule has 0 amide bonds. The van der Waals surface area contributed by atoms with Crippen molar-refractivity contribution in [2.24, 2.45) is 29.1 Å². The van der Waals surface area contributed by atoms with E-state index < -0.39 is 5.60 Å². The van der Waals surface area contributed by atoms with Crippen LogP contribution in [-0.2, 0) is 4.74 Å². The van der Waals surface area contributed by atoms with Gasteiger partial charge in [0.2, 0.25) is 0 Å². The Labute approximate surface area is 111 Å². The lowest BCUT2D eigenvalue weighted by molar-refractivity contribution is -0.0886. The molecule has 0 aromatic rings. The first-order valence-electron chi connectivity index (χ1n) is 7.51. The molecule has 104 valence electrons. The minimum atomic E-state index is -0.481. The van der Waals surface area contributed by atoms with Crippen molar-refractivity contribution in [2.75, 3.05) is 7.11 Å². The predicted octanol–water partition coefficient (Wildman–Crippen LogP) is 3.23. The van der Waals surface area contributed by atoms with Crippen LogP contribution < -0.4 is 0 Å². The Morgan fingerprint density at radius 2 is 1.56 bits per heavy atom. The Morgan fingerprint density at radius 3 is 2.17 bits per heavy atom. The van der Waals surface area contributed by atoms with E-state index >= 15 is 0 Å². The van der Waals surface area contributed by atoms with Crippen LogP contribution in [0.15, 0.2) is 0 Å². The Balaban J connectivity index is 1.99. The van der Waals surface area contributed by atoms with Gasteiger partial charge in [0.15, 0.2) is 0 Å². The summed E-state index contributed by atoms with van der Waals surface area (Å²) >= 11 is 0. The molecule has 6 atom stereocenters. The van der Waals surface area contributed by atoms with E-state index in [0.717, 1.165) is 25.2 Å². The van der Waals surface area contributed by atoms with Gasteiger partial charge in [-0.1, -0.05) is 13.8 Å². The zero-order valence-corrected chi connectivity index (χ0v) is 12.5. The van der Waals surface area contributed by atoms with Crippen molar-refractivity contribution in [3.63, 3.8) is 0 Å². The Morgan fingerprint density at radius 1 is 0.944 bits per heavy atom. The van der Waals surface area contributed by atoms with Crippen LogP contribution in [0.4, 0.5) is 0 Å². The van der Waals surface area contributed by atoms with Gasteiger partial charge in [-0.25, -0.2) is 0 Å². The molecule has 2 heteroatoms. The Hall–Kier alpha value is -0.0800. The molecule has 3 saturated carbocycles. The smallest absolute Gasteiger partial charge is 0.0682 e. The van der Waals surface area contributed by atoms with E-state index in [9.17, 15) is 5.11 Å². The topological polar surface area (TPSA) is 29.5 Å². The first-order chi connectivity index (χ1) is 8.24. The quantitative estimate of drug-likeness (QED) is 0.776. The third-order valence-electron chi connectivity index (χ3n) is 6.84. The summed E-state index contributed by atoms with van der Waals surface area (Å²) < 4.78 is 5.89. The van der Waals surface area contributed by atoms with Crippen molar-refractivity contribution in [3.8, 4) is 0 Å². The van der Waals surface area contributed by atoms with Gasteiger partial charge in [-0.15, -0.1) is 0 Å². The molecule has 0 spiro atoms. The summed E-state index contributed by atoms with van der Waals surface area (Å²) in [5.41, 5.74) is -0.0630. The third-order valence-corrected chi connectivity index (χ3v) is 6.84. The summed E-state index contributed by atoms with van der Waals surface area (Å²) in [5.74, 6) is 2.47. The fourth-order valence-electron chi connectivity index (χ4n) is 5.48. The third kappa shape index (κ3) is 1.48. The van der Waals surface area contributed by atoms with E-state index in [2.05, 4.69) is 27.7 Å². The fourth-order valence-corrected chi connectivity index (χ4v) is 5.48. The van der Waals surface area contributed by atoms with E-state index in [1.54, 1.807) is 0 Å². The molecular weight excluding hydrogens is 224 g/mol. The van der Waals surface area contributed by atoms with Crippen LogP contribution in [0.1, 0.15) is 53.4 Å². The van der Waals surface area contributed by atoms with Crippen molar-refractivity contribution in [1.82, 2.24) is 0 Å². The van der Waals surface area contributed by atoms with Crippen LogP contribution in [0.3, 0.4) is 0 Å². The SMILES string of the molecule is COC1(C)CCC2C([C@@H]3[C@H]1CCC3(C)O)C2(C)C. The number of hydrogen-bond acceptors (Lipinski definition) is 2. The van der Waals surface area contributed by atoms with E-state index in [-0.39, 0.29) is 5.60 Å². The van der Waals surface area contributed by atoms with Gasteiger partial charge in [0, 0.05) is 7.11 Å². The summed E-state index contributed by atoms with van der Waals surface area (Å²) in [6.07, 6.45) is 4.50. The fraction of sp³-hybridized carbons (Fsp3) is 1.00. The average Bonchev–Trinajstić information content (AvgIpc) is 2.72. The maximum Gasteiger partial charge on any atom is 0.0682 e. The maximum atomic E-state index is 10.8. The second kappa shape index (κ2) is 3.52. The molecule has 0 aromatic carbocycles. The minimum Gasteiger partial charge on any atom is -0.390 e. The Kier molecular flexibility index (Phi) is 2.53. The molecule has 2 nitrogen and oxygen atoms in total. The van der Waals surface area contributed by atoms with Crippen molar-refractivity contribution in [1.29, 1.82) is 0 Å². The predicted molar refractivity (Wildman–Crippen MR) is 72.2 cm³/mol. The highest BCUT2D eigenvalue weighted by atomic mass is 16.5. The van der Waals surface area contributed by atoms with E-state index in [1.807, 2.05) is 7.11 Å². The van der Waals surface area contributed by atoms with Crippen LogP contribution in [-0.4, -0.2) is 23.4 Å². The van der Waals surface area contributed by atoms with Crippen LogP contribution in [0.2, 0.25) is 0 Å². The largest absolute Gasteiger partial charge is 0.390 e. The van der Waals surface area contributed by atoms with Crippen LogP contribution in [0.25, 0.3) is 0 Å². The monoisotopic (exact) mass is 252 g/mol. The summed E-state index contributed by atoms with van der Waals surface area (Å²) in [4.78, 5) is 0. The van der Waals surface area contributed by atoms with Crippen LogP contribution in [0.5, 0.6) is 0 Å². The maximum absolute atomic E-state index is 10.8. The van der Waals surface area contributed by atoms with Gasteiger partial charge in [-0.2, -0.15) is 0 Å². The summed E-state index contributed by atoms with van der Waals surface area (Å²) in [6, 6.07) is 0. The summed E-state index contributed by atoms with van der Waals surface area (Å²) in [6.45, 7) is 9.11. The lowest BCUT2D eigenvalue weighted by atomic mass is 9.73. The highest BCUT2D eigenvalue weighted by Crippen LogP contribution is 2.72. The van der Waals surface area contributed by atoms with Gasteiger partial charge in [0.1, 0.15) is 0 Å². The number of rotatable bonds is 1. The minimum absolute atomic E-state index is 0.0192. The van der Waals surface area contributed by atoms with Crippen LogP contribution >= 0.6 is 0 Å². The van der Waals surface area contributed by atoms with Crippen molar-refractivity contribution in [2.45, 2.75) is 64.6 Å². The molecule has 0 saturated heterocycles. The molecule has 3 aliphatic rings. The lowest BCUT2D eigenvalue weighted by Gasteiger charge is -2.40. The van der Waals surface area contributed by atoms with Crippen molar-refractivity contribution in [3.05, 3.63) is 0 Å². The van der Waals surface area contributed by atoms with E-state index in [4.69, 9.17) is 4.74 Å². The molecule has 3 rings (SSSR count). The number of fused-ring (bicyclic) bond motifs is 3. The van der Waals surface area contributed by atoms with Crippen molar-refractivity contribution < 1.29 is 9.84 Å². The normalized spacial score (nSPS) is 57.7. The Bertz CT molecular complexity index is 360. The van der Waals surface area contributed by atoms with Gasteiger partial charge >= 0.3 is 0 Å². The lowest BCUT2D eigenvalue weighted by Crippen LogP contribution is -2.44. The van der Waals surface area contributed by atoms with Gasteiger partial charge in [-0.05, 0) is 68.6 Å². The van der Waals surface area contributed by atoms with Crippen molar-refractivity contribution >= 4 is 0 Å². The molecule has 3 fully saturated rings. The van der Waals surface area contributed by atoms with Gasteiger partial charge in [0.25, 0.3) is 0 Å². The first kappa shape index (κ1) is 12.9. The summed E-state index contributed by atoms with van der Waals surface area (Å²) in [7, 11) is 1.85. The first-order valence-corrected chi connectivity index (χ1v) is 7.51. The second-order valence-electron chi connectivity index (χ2n) is 8.04. The van der Waals surface area contributed by atoms with Gasteiger partial charge in [0.05, 0.1) is 11.2 Å². The standard InChI is InChI=1S/C16H28O2/c1-14(2)10-7-9-16(4,18-5)11-6-8-15(3,17)13(11)12(10)14/h10-13,17H,6-9H2,1-5H3/t10?,11-,12?,13+,15?,16?/m1/s1. The van der Waals surface area contributed by atoms with Crippen LogP contribution in [0, 0.1) is 29.1 Å². The zero-order chi connectivity index (χ0) is 13.3. The highest BCUT2D eigenvalue weighted by Gasteiger charge is 2.69. The second-order valence-corrected chi connectivity index (χ2v) is 8.04. The molecule has 0 heterocycles. The molecule has 1 N–H and O–H groups in total. The van der Waals surface area contributed by atoms with E-state index in [0.29, 0.717) is 23.2 Å². The zero-order valence-electron chi connectivity index (χ0n) is 12.5. The van der Waals surface area contributed by atoms with Gasteiger partial charge < -0.3 is 9.84 Å². The molecule has 0 aromatic heterocycles. The number of aliphatic hydroxyl groups is 1. The molecule has 3 aliphatic carbocycles. The highest BCUT2D eigenvalue weighted by molar-refractivity contribution is 5.18. The molecule has 0 radical (unpaired) electrons. The van der Waals surface area contributed by atoms with Gasteiger partial charge in [-0.3, -0.25) is 0 Å². The number of ether oxygens (including phenoxy) is 1. The molecule has 4 unspecified atom stereocenters. The number of hydrogen-bond donors (Lipinski definition) is 1. The average molecular weight is 252 g/mol. The molecule has 0 bridgehead atoms. The molecule has 18 heavy (non-hydrogen) atoms. The molecular formula is C16H28O2. The van der Waals surface area contributed by atoms with E-state index in [1.165, 1.54) is 6.42 Å². The molecule has 0 aliphatic heterocycles.